The molecular formula is C13H22N2. The molecule has 3 N–H and O–H groups in total. The summed E-state index contributed by atoms with van der Waals surface area (Å²) in [5, 5.41) is 0. The first-order valence-electron chi connectivity index (χ1n) is 5.86. The maximum Gasteiger partial charge on any atom is 0.0459 e. The summed E-state index contributed by atoms with van der Waals surface area (Å²) in [7, 11) is 0. The van der Waals surface area contributed by atoms with Crippen LogP contribution in [-0.4, -0.2) is 0 Å². The minimum Gasteiger partial charge on any atom is -0.271 e. The zero-order chi connectivity index (χ0) is 11.1. The highest BCUT2D eigenvalue weighted by molar-refractivity contribution is 5.25. The molecule has 0 aliphatic heterocycles. The SMILES string of the molecule is CCCc1ccc(C(CCC)NN)cc1. The average molecular weight is 206 g/mol. The van der Waals surface area contributed by atoms with E-state index in [1.807, 2.05) is 0 Å². The minimum absolute atomic E-state index is 0.297. The third kappa shape index (κ3) is 3.65. The van der Waals surface area contributed by atoms with Crippen LogP contribution in [0.25, 0.3) is 0 Å². The molecule has 15 heavy (non-hydrogen) atoms. The maximum atomic E-state index is 5.54. The number of hydrogen-bond acceptors (Lipinski definition) is 2. The molecule has 1 unspecified atom stereocenters. The van der Waals surface area contributed by atoms with E-state index < -0.39 is 0 Å². The van der Waals surface area contributed by atoms with Crippen molar-refractivity contribution in [2.45, 2.75) is 45.6 Å². The Balaban J connectivity index is 2.68. The monoisotopic (exact) mass is 206 g/mol. The van der Waals surface area contributed by atoms with Crippen molar-refractivity contribution in [1.29, 1.82) is 0 Å². The third-order valence-electron chi connectivity index (χ3n) is 2.70. The first kappa shape index (κ1) is 12.2. The van der Waals surface area contributed by atoms with Gasteiger partial charge in [0.05, 0.1) is 0 Å². The van der Waals surface area contributed by atoms with Crippen LogP contribution in [0.15, 0.2) is 24.3 Å². The van der Waals surface area contributed by atoms with E-state index in [-0.39, 0.29) is 0 Å². The molecule has 0 aliphatic carbocycles. The van der Waals surface area contributed by atoms with E-state index in [0.717, 1.165) is 19.3 Å². The van der Waals surface area contributed by atoms with E-state index in [0.29, 0.717) is 6.04 Å². The molecule has 0 amide bonds. The smallest absolute Gasteiger partial charge is 0.0459 e. The number of rotatable bonds is 6. The third-order valence-corrected chi connectivity index (χ3v) is 2.70. The number of nitrogens with one attached hydrogen (secondary N) is 1. The maximum absolute atomic E-state index is 5.54. The minimum atomic E-state index is 0.297. The van der Waals surface area contributed by atoms with Crippen LogP contribution in [-0.2, 0) is 6.42 Å². The fourth-order valence-corrected chi connectivity index (χ4v) is 1.84. The molecule has 1 aromatic carbocycles. The molecule has 0 bridgehead atoms. The van der Waals surface area contributed by atoms with Crippen molar-refractivity contribution in [3.63, 3.8) is 0 Å². The Labute approximate surface area is 92.8 Å². The van der Waals surface area contributed by atoms with E-state index in [1.54, 1.807) is 0 Å². The standard InChI is InChI=1S/C13H22N2/c1-3-5-11-7-9-12(10-8-11)13(15-14)6-4-2/h7-10,13,15H,3-6,14H2,1-2H3. The molecule has 1 aromatic rings. The van der Waals surface area contributed by atoms with E-state index in [2.05, 4.69) is 43.5 Å². The van der Waals surface area contributed by atoms with Crippen LogP contribution in [0.3, 0.4) is 0 Å². The molecule has 1 rings (SSSR count). The Kier molecular flexibility index (Phi) is 5.37. The van der Waals surface area contributed by atoms with Crippen molar-refractivity contribution < 1.29 is 0 Å². The van der Waals surface area contributed by atoms with Gasteiger partial charge in [-0.25, -0.2) is 0 Å². The normalized spacial score (nSPS) is 12.7. The van der Waals surface area contributed by atoms with Gasteiger partial charge in [0.25, 0.3) is 0 Å². The largest absolute Gasteiger partial charge is 0.271 e. The molecule has 0 aromatic heterocycles. The van der Waals surface area contributed by atoms with E-state index in [4.69, 9.17) is 5.84 Å². The van der Waals surface area contributed by atoms with Gasteiger partial charge in [0, 0.05) is 6.04 Å². The van der Waals surface area contributed by atoms with Crippen molar-refractivity contribution in [2.24, 2.45) is 5.84 Å². The van der Waals surface area contributed by atoms with Gasteiger partial charge in [0.2, 0.25) is 0 Å². The molecule has 0 fully saturated rings. The first-order valence-corrected chi connectivity index (χ1v) is 5.86. The van der Waals surface area contributed by atoms with Gasteiger partial charge in [-0.05, 0) is 24.0 Å². The van der Waals surface area contributed by atoms with Gasteiger partial charge in [-0.1, -0.05) is 51.0 Å². The van der Waals surface area contributed by atoms with Crippen LogP contribution in [0.5, 0.6) is 0 Å². The summed E-state index contributed by atoms with van der Waals surface area (Å²) in [6, 6.07) is 9.08. The Bertz CT molecular complexity index is 266. The van der Waals surface area contributed by atoms with Crippen molar-refractivity contribution >= 4 is 0 Å². The Hall–Kier alpha value is -0.860. The first-order chi connectivity index (χ1) is 7.31. The highest BCUT2D eigenvalue weighted by Gasteiger charge is 2.07. The lowest BCUT2D eigenvalue weighted by Gasteiger charge is -2.15. The van der Waals surface area contributed by atoms with Gasteiger partial charge in [0.1, 0.15) is 0 Å². The van der Waals surface area contributed by atoms with E-state index >= 15 is 0 Å². The van der Waals surface area contributed by atoms with Crippen molar-refractivity contribution in [1.82, 2.24) is 5.43 Å². The van der Waals surface area contributed by atoms with E-state index in [9.17, 15) is 0 Å². The van der Waals surface area contributed by atoms with Gasteiger partial charge < -0.3 is 0 Å². The topological polar surface area (TPSA) is 38.0 Å². The quantitative estimate of drug-likeness (QED) is 0.555. The number of hydrogen-bond donors (Lipinski definition) is 2. The molecule has 0 spiro atoms. The summed E-state index contributed by atoms with van der Waals surface area (Å²) in [5.41, 5.74) is 5.57. The average Bonchev–Trinajstić information content (AvgIpc) is 2.28. The van der Waals surface area contributed by atoms with Crippen molar-refractivity contribution in [3.8, 4) is 0 Å². The lowest BCUT2D eigenvalue weighted by atomic mass is 10.0. The fraction of sp³-hybridized carbons (Fsp3) is 0.538. The number of benzene rings is 1. The van der Waals surface area contributed by atoms with Crippen molar-refractivity contribution in [3.05, 3.63) is 35.4 Å². The van der Waals surface area contributed by atoms with Gasteiger partial charge in [-0.15, -0.1) is 0 Å². The lowest BCUT2D eigenvalue weighted by Crippen LogP contribution is -2.27. The fourth-order valence-electron chi connectivity index (χ4n) is 1.84. The van der Waals surface area contributed by atoms with Gasteiger partial charge in [-0.2, -0.15) is 0 Å². The predicted octanol–water partition coefficient (Wildman–Crippen LogP) is 2.94. The molecule has 2 heteroatoms. The number of hydrazine groups is 1. The zero-order valence-electron chi connectivity index (χ0n) is 9.79. The number of aryl methyl sites for hydroxylation is 1. The zero-order valence-corrected chi connectivity index (χ0v) is 9.79. The van der Waals surface area contributed by atoms with Gasteiger partial charge in [-0.3, -0.25) is 11.3 Å². The molecule has 0 saturated heterocycles. The summed E-state index contributed by atoms with van der Waals surface area (Å²) in [5.74, 6) is 5.54. The molecule has 1 atom stereocenters. The molecule has 0 aliphatic rings. The van der Waals surface area contributed by atoms with Crippen molar-refractivity contribution in [2.75, 3.05) is 0 Å². The van der Waals surface area contributed by atoms with Crippen LogP contribution in [0.2, 0.25) is 0 Å². The summed E-state index contributed by atoms with van der Waals surface area (Å²) >= 11 is 0. The second kappa shape index (κ2) is 6.59. The molecule has 84 valence electrons. The predicted molar refractivity (Wildman–Crippen MR) is 65.4 cm³/mol. The van der Waals surface area contributed by atoms with Crippen LogP contribution in [0.1, 0.15) is 50.3 Å². The summed E-state index contributed by atoms with van der Waals surface area (Å²) in [6.07, 6.45) is 4.59. The van der Waals surface area contributed by atoms with Gasteiger partial charge in [0.15, 0.2) is 0 Å². The summed E-state index contributed by atoms with van der Waals surface area (Å²) < 4.78 is 0. The highest BCUT2D eigenvalue weighted by atomic mass is 15.2. The molecule has 0 radical (unpaired) electrons. The second-order valence-electron chi connectivity index (χ2n) is 4.00. The molecule has 0 heterocycles. The van der Waals surface area contributed by atoms with Crippen LogP contribution in [0, 0.1) is 0 Å². The lowest BCUT2D eigenvalue weighted by molar-refractivity contribution is 0.510. The van der Waals surface area contributed by atoms with Crippen LogP contribution in [0.4, 0.5) is 0 Å². The van der Waals surface area contributed by atoms with Crippen LogP contribution < -0.4 is 11.3 Å². The highest BCUT2D eigenvalue weighted by Crippen LogP contribution is 2.18. The summed E-state index contributed by atoms with van der Waals surface area (Å²) in [6.45, 7) is 4.38. The number of nitrogens with two attached hydrogens (primary N) is 1. The summed E-state index contributed by atoms with van der Waals surface area (Å²) in [4.78, 5) is 0. The Morgan fingerprint density at radius 2 is 1.80 bits per heavy atom. The Morgan fingerprint density at radius 3 is 2.27 bits per heavy atom. The van der Waals surface area contributed by atoms with E-state index in [1.165, 1.54) is 17.5 Å². The van der Waals surface area contributed by atoms with Crippen LogP contribution >= 0.6 is 0 Å². The van der Waals surface area contributed by atoms with Gasteiger partial charge >= 0.3 is 0 Å². The molecule has 2 nitrogen and oxygen atoms in total. The molecular weight excluding hydrogens is 184 g/mol. The second-order valence-corrected chi connectivity index (χ2v) is 4.00. The molecule has 0 saturated carbocycles. The Morgan fingerprint density at radius 1 is 1.13 bits per heavy atom.